The van der Waals surface area contributed by atoms with Gasteiger partial charge in [-0.05, 0) is 72.2 Å². The van der Waals surface area contributed by atoms with Crippen LogP contribution in [-0.4, -0.2) is 67.3 Å². The highest BCUT2D eigenvalue weighted by atomic mass is 19.1. The Morgan fingerprint density at radius 2 is 1.77 bits per heavy atom. The molecule has 1 fully saturated rings. The lowest BCUT2D eigenvalue weighted by atomic mass is 10.0. The van der Waals surface area contributed by atoms with Crippen LogP contribution in [0.25, 0.3) is 22.3 Å². The van der Waals surface area contributed by atoms with Crippen LogP contribution in [0.4, 0.5) is 31.0 Å². The predicted octanol–water partition coefficient (Wildman–Crippen LogP) is 5.96. The van der Waals surface area contributed by atoms with Crippen LogP contribution in [0.3, 0.4) is 0 Å². The Labute approximate surface area is 249 Å². The van der Waals surface area contributed by atoms with Crippen molar-refractivity contribution in [1.29, 1.82) is 0 Å². The second kappa shape index (κ2) is 10.4. The van der Waals surface area contributed by atoms with Gasteiger partial charge in [0.05, 0.1) is 23.1 Å². The van der Waals surface area contributed by atoms with Gasteiger partial charge in [0.2, 0.25) is 5.95 Å². The molecule has 0 bridgehead atoms. The van der Waals surface area contributed by atoms with Crippen molar-refractivity contribution in [2.45, 2.75) is 65.5 Å². The number of nitrogens with one attached hydrogen (secondary N) is 1. The topological polar surface area (TPSA) is 101 Å². The van der Waals surface area contributed by atoms with Gasteiger partial charge in [0.15, 0.2) is 11.6 Å². The summed E-state index contributed by atoms with van der Waals surface area (Å²) >= 11 is 0. The van der Waals surface area contributed by atoms with E-state index in [0.29, 0.717) is 43.1 Å². The fourth-order valence-corrected chi connectivity index (χ4v) is 5.85. The molecule has 43 heavy (non-hydrogen) atoms. The summed E-state index contributed by atoms with van der Waals surface area (Å²) in [5, 5.41) is 3.06. The number of aromatic nitrogens is 5. The third-order valence-electron chi connectivity index (χ3n) is 7.94. The Kier molecular flexibility index (Phi) is 6.97. The summed E-state index contributed by atoms with van der Waals surface area (Å²) in [6.45, 7) is 14.0. The molecule has 1 N–H and O–H groups in total. The zero-order valence-corrected chi connectivity index (χ0v) is 25.3. The molecule has 0 radical (unpaired) electrons. The molecule has 0 spiro atoms. The molecule has 0 atom stereocenters. The van der Waals surface area contributed by atoms with Crippen molar-refractivity contribution in [2.75, 3.05) is 36.4 Å². The molecule has 6 rings (SSSR count). The Hall–Kier alpha value is -4.35. The maximum atomic E-state index is 15.2. The molecule has 3 aromatic heterocycles. The molecule has 0 unspecified atom stereocenters. The number of hydrogen-bond acceptors (Lipinski definition) is 8. The molecule has 10 nitrogen and oxygen atoms in total. The van der Waals surface area contributed by atoms with E-state index >= 15 is 8.78 Å². The second-order valence-corrected chi connectivity index (χ2v) is 12.8. The van der Waals surface area contributed by atoms with Crippen molar-refractivity contribution in [1.82, 2.24) is 29.4 Å². The normalized spacial score (nSPS) is 16.5. The number of fused-ring (bicyclic) bond motifs is 3. The van der Waals surface area contributed by atoms with Gasteiger partial charge in [-0.1, -0.05) is 0 Å². The number of aryl methyl sites for hydroxylation is 2. The number of carbonyl (C=O) groups is 1. The summed E-state index contributed by atoms with van der Waals surface area (Å²) in [5.74, 6) is 0.285. The molecule has 2 aliphatic heterocycles. The fourth-order valence-electron chi connectivity index (χ4n) is 5.85. The summed E-state index contributed by atoms with van der Waals surface area (Å²) in [5.41, 5.74) is 2.19. The van der Waals surface area contributed by atoms with E-state index in [9.17, 15) is 4.79 Å². The van der Waals surface area contributed by atoms with Gasteiger partial charge in [-0.15, -0.1) is 0 Å². The van der Waals surface area contributed by atoms with Gasteiger partial charge >= 0.3 is 6.09 Å². The molecule has 1 amide bonds. The molecular weight excluding hydrogens is 554 g/mol. The minimum Gasteiger partial charge on any atom is -0.444 e. The maximum Gasteiger partial charge on any atom is 0.410 e. The largest absolute Gasteiger partial charge is 0.444 e. The fraction of sp³-hybridized carbons (Fsp3) is 0.452. The van der Waals surface area contributed by atoms with Gasteiger partial charge in [0.25, 0.3) is 0 Å². The van der Waals surface area contributed by atoms with Crippen molar-refractivity contribution < 1.29 is 18.3 Å². The zero-order chi connectivity index (χ0) is 30.7. The molecule has 4 aromatic rings. The van der Waals surface area contributed by atoms with Crippen LogP contribution in [0.15, 0.2) is 30.5 Å². The van der Waals surface area contributed by atoms with Crippen molar-refractivity contribution in [3.8, 4) is 11.3 Å². The minimum atomic E-state index is -0.658. The SMILES string of the molecule is Cc1nc(Nc2ncc(F)c(-c3cc(F)c4nc5n(c4c3)C(C)(C)CC5)n2)ccc1N1CCN(C(=O)OC(C)(C)C)CC1. The van der Waals surface area contributed by atoms with Crippen molar-refractivity contribution in [3.05, 3.63) is 53.6 Å². The smallest absolute Gasteiger partial charge is 0.410 e. The maximum absolute atomic E-state index is 15.2. The second-order valence-electron chi connectivity index (χ2n) is 12.8. The number of amides is 1. The molecule has 1 aromatic carbocycles. The van der Waals surface area contributed by atoms with Crippen LogP contribution < -0.4 is 10.2 Å². The Morgan fingerprint density at radius 3 is 2.47 bits per heavy atom. The van der Waals surface area contributed by atoms with Crippen molar-refractivity contribution in [3.63, 3.8) is 0 Å². The van der Waals surface area contributed by atoms with Crippen molar-refractivity contribution in [2.24, 2.45) is 0 Å². The zero-order valence-electron chi connectivity index (χ0n) is 25.3. The van der Waals surface area contributed by atoms with Gasteiger partial charge in [0, 0.05) is 43.7 Å². The lowest BCUT2D eigenvalue weighted by Crippen LogP contribution is -2.50. The molecule has 5 heterocycles. The predicted molar refractivity (Wildman–Crippen MR) is 161 cm³/mol. The average Bonchev–Trinajstić information content (AvgIpc) is 3.46. The van der Waals surface area contributed by atoms with Crippen LogP contribution in [0, 0.1) is 18.6 Å². The highest BCUT2D eigenvalue weighted by molar-refractivity contribution is 5.83. The number of halogens is 2. The minimum absolute atomic E-state index is 0.0131. The molecular formula is C31H36F2N8O2. The van der Waals surface area contributed by atoms with E-state index < -0.39 is 17.2 Å². The van der Waals surface area contributed by atoms with Gasteiger partial charge in [-0.3, -0.25) is 0 Å². The van der Waals surface area contributed by atoms with E-state index in [1.165, 1.54) is 6.07 Å². The van der Waals surface area contributed by atoms with Crippen LogP contribution >= 0.6 is 0 Å². The quantitative estimate of drug-likeness (QED) is 0.311. The first-order chi connectivity index (χ1) is 20.3. The molecule has 226 valence electrons. The summed E-state index contributed by atoms with van der Waals surface area (Å²) < 4.78 is 37.7. The molecule has 0 aliphatic carbocycles. The number of benzene rings is 1. The lowest BCUT2D eigenvalue weighted by Gasteiger charge is -2.37. The van der Waals surface area contributed by atoms with E-state index in [1.807, 2.05) is 38.3 Å². The lowest BCUT2D eigenvalue weighted by molar-refractivity contribution is 0.0240. The summed E-state index contributed by atoms with van der Waals surface area (Å²) in [4.78, 5) is 34.0. The number of nitrogens with zero attached hydrogens (tertiary/aromatic N) is 7. The number of hydrogen-bond donors (Lipinski definition) is 1. The number of imidazole rings is 1. The Bertz CT molecular complexity index is 1720. The van der Waals surface area contributed by atoms with Crippen molar-refractivity contribution >= 4 is 34.6 Å². The molecule has 12 heteroatoms. The first-order valence-electron chi connectivity index (χ1n) is 14.5. The van der Waals surface area contributed by atoms with Gasteiger partial charge in [-0.2, -0.15) is 0 Å². The average molecular weight is 591 g/mol. The first-order valence-corrected chi connectivity index (χ1v) is 14.5. The summed E-state index contributed by atoms with van der Waals surface area (Å²) in [7, 11) is 0. The van der Waals surface area contributed by atoms with E-state index in [4.69, 9.17) is 4.74 Å². The summed E-state index contributed by atoms with van der Waals surface area (Å²) in [6.07, 6.45) is 2.43. The van der Waals surface area contributed by atoms with E-state index in [0.717, 1.165) is 36.2 Å². The number of piperazine rings is 1. The molecule has 1 saturated heterocycles. The van der Waals surface area contributed by atoms with E-state index in [1.54, 1.807) is 17.0 Å². The molecule has 2 aliphatic rings. The number of rotatable bonds is 4. The van der Waals surface area contributed by atoms with E-state index in [2.05, 4.69) is 44.0 Å². The highest BCUT2D eigenvalue weighted by Gasteiger charge is 2.33. The third-order valence-corrected chi connectivity index (χ3v) is 7.94. The van der Waals surface area contributed by atoms with Crippen LogP contribution in [0.5, 0.6) is 0 Å². The van der Waals surface area contributed by atoms with Gasteiger partial charge in [-0.25, -0.2) is 33.5 Å². The number of ether oxygens (including phenoxy) is 1. The summed E-state index contributed by atoms with van der Waals surface area (Å²) in [6, 6.07) is 6.77. The van der Waals surface area contributed by atoms with Gasteiger partial charge in [0.1, 0.15) is 28.5 Å². The first kappa shape index (κ1) is 28.8. The monoisotopic (exact) mass is 590 g/mol. The Balaban J connectivity index is 1.20. The van der Waals surface area contributed by atoms with Crippen LogP contribution in [0.2, 0.25) is 0 Å². The van der Waals surface area contributed by atoms with Crippen LogP contribution in [-0.2, 0) is 16.7 Å². The Morgan fingerprint density at radius 1 is 1.02 bits per heavy atom. The number of carbonyl (C=O) groups excluding carboxylic acids is 1. The standard InChI is InChI=1S/C31H36F2N8O2/c1-18-22(39-11-13-40(14-12-39)29(42)43-30(2,3)4)7-8-24(35-18)36-28-34-17-21(33)26(38-28)19-15-20(32)27-23(16-19)41-25(37-27)9-10-31(41,5)6/h7-8,15-17H,9-14H2,1-6H3,(H,34,35,36,38). The highest BCUT2D eigenvalue weighted by Crippen LogP contribution is 2.38. The molecule has 0 saturated carbocycles. The van der Waals surface area contributed by atoms with Gasteiger partial charge < -0.3 is 24.4 Å². The third kappa shape index (κ3) is 5.57. The van der Waals surface area contributed by atoms with Crippen LogP contribution in [0.1, 0.15) is 52.6 Å². The van der Waals surface area contributed by atoms with E-state index in [-0.39, 0.29) is 28.8 Å². The number of anilines is 3. The number of pyridine rings is 1.